The van der Waals surface area contributed by atoms with Crippen molar-refractivity contribution in [3.8, 4) is 0 Å². The molecule has 0 N–H and O–H groups in total. The summed E-state index contributed by atoms with van der Waals surface area (Å²) >= 11 is 0. The summed E-state index contributed by atoms with van der Waals surface area (Å²) in [7, 11) is 0. The maximum absolute atomic E-state index is 11.7. The Balaban J connectivity index is 1.82. The zero-order valence-electron chi connectivity index (χ0n) is 10.3. The highest BCUT2D eigenvalue weighted by atomic mass is 16.6. The molecule has 0 saturated carbocycles. The van der Waals surface area contributed by atoms with Gasteiger partial charge in [-0.3, -0.25) is 9.59 Å². The topological polar surface area (TPSA) is 52.6 Å². The van der Waals surface area contributed by atoms with Crippen LogP contribution in [0.15, 0.2) is 30.3 Å². The summed E-state index contributed by atoms with van der Waals surface area (Å²) in [6.07, 6.45) is 0.597. The molecule has 0 amide bonds. The summed E-state index contributed by atoms with van der Waals surface area (Å²) in [6, 6.07) is 9.41. The van der Waals surface area contributed by atoms with Gasteiger partial charge in [-0.25, -0.2) is 0 Å². The van der Waals surface area contributed by atoms with Gasteiger partial charge in [-0.1, -0.05) is 30.3 Å². The van der Waals surface area contributed by atoms with E-state index in [-0.39, 0.29) is 30.6 Å². The number of benzene rings is 1. The van der Waals surface area contributed by atoms with Gasteiger partial charge in [0.2, 0.25) is 0 Å². The molecule has 1 aliphatic rings. The third-order valence-corrected chi connectivity index (χ3v) is 2.95. The number of hydrogen-bond donors (Lipinski definition) is 0. The number of hydrogen-bond acceptors (Lipinski definition) is 4. The molecule has 0 aromatic heterocycles. The van der Waals surface area contributed by atoms with E-state index in [4.69, 9.17) is 9.47 Å². The fourth-order valence-electron chi connectivity index (χ4n) is 1.96. The van der Waals surface area contributed by atoms with Crippen LogP contribution in [0.4, 0.5) is 0 Å². The fourth-order valence-corrected chi connectivity index (χ4v) is 1.96. The van der Waals surface area contributed by atoms with Crippen LogP contribution in [0.1, 0.15) is 25.3 Å². The average Bonchev–Trinajstić information content (AvgIpc) is 2.77. The Kier molecular flexibility index (Phi) is 3.97. The monoisotopic (exact) mass is 248 g/mol. The van der Waals surface area contributed by atoms with E-state index in [1.807, 2.05) is 30.3 Å². The molecule has 0 aliphatic carbocycles. The van der Waals surface area contributed by atoms with Crippen LogP contribution in [-0.4, -0.2) is 24.1 Å². The summed E-state index contributed by atoms with van der Waals surface area (Å²) in [5, 5.41) is 0. The number of esters is 2. The maximum Gasteiger partial charge on any atom is 0.310 e. The minimum atomic E-state index is -0.382. The minimum Gasteiger partial charge on any atom is -0.458 e. The van der Waals surface area contributed by atoms with Crippen molar-refractivity contribution >= 4 is 11.9 Å². The van der Waals surface area contributed by atoms with Gasteiger partial charge in [0.15, 0.2) is 0 Å². The fraction of sp³-hybridized carbons (Fsp3) is 0.429. The van der Waals surface area contributed by atoms with Crippen LogP contribution >= 0.6 is 0 Å². The van der Waals surface area contributed by atoms with Crippen LogP contribution in [0, 0.1) is 0 Å². The predicted molar refractivity (Wildman–Crippen MR) is 64.8 cm³/mol. The van der Waals surface area contributed by atoms with Gasteiger partial charge in [-0.15, -0.1) is 0 Å². The van der Waals surface area contributed by atoms with E-state index in [0.29, 0.717) is 12.8 Å². The van der Waals surface area contributed by atoms with Gasteiger partial charge in [-0.2, -0.15) is 0 Å². The number of carbonyl (C=O) groups is 2. The van der Waals surface area contributed by atoms with E-state index >= 15 is 0 Å². The average molecular weight is 248 g/mol. The number of carbonyl (C=O) groups excluding carboxylic acids is 2. The van der Waals surface area contributed by atoms with Crippen molar-refractivity contribution in [1.29, 1.82) is 0 Å². The molecule has 96 valence electrons. The molecule has 4 nitrogen and oxygen atoms in total. The van der Waals surface area contributed by atoms with Gasteiger partial charge in [0, 0.05) is 6.42 Å². The molecule has 1 heterocycles. The molecule has 1 aromatic rings. The summed E-state index contributed by atoms with van der Waals surface area (Å²) in [4.78, 5) is 22.7. The van der Waals surface area contributed by atoms with E-state index in [1.165, 1.54) is 0 Å². The van der Waals surface area contributed by atoms with Crippen LogP contribution < -0.4 is 0 Å². The second-order valence-electron chi connectivity index (χ2n) is 4.42. The molecule has 2 rings (SSSR count). The molecular weight excluding hydrogens is 232 g/mol. The molecule has 1 saturated heterocycles. The summed E-state index contributed by atoms with van der Waals surface area (Å²) in [6.45, 7) is 1.76. The first-order valence-electron chi connectivity index (χ1n) is 6.08. The van der Waals surface area contributed by atoms with Crippen molar-refractivity contribution in [3.05, 3.63) is 35.9 Å². The Morgan fingerprint density at radius 1 is 1.44 bits per heavy atom. The number of ether oxygens (including phenoxy) is 2. The molecule has 1 aliphatic heterocycles. The van der Waals surface area contributed by atoms with Gasteiger partial charge in [-0.05, 0) is 18.9 Å². The third kappa shape index (κ3) is 3.32. The van der Waals surface area contributed by atoms with Crippen molar-refractivity contribution in [1.82, 2.24) is 0 Å². The SMILES string of the molecule is C[C@@H](OC(=O)Cc1ccccc1)[C@H]1CCC(=O)O1. The quantitative estimate of drug-likeness (QED) is 0.763. The normalized spacial score (nSPS) is 20.3. The zero-order chi connectivity index (χ0) is 13.0. The second-order valence-corrected chi connectivity index (χ2v) is 4.42. The van der Waals surface area contributed by atoms with E-state index in [9.17, 15) is 9.59 Å². The van der Waals surface area contributed by atoms with E-state index < -0.39 is 0 Å². The van der Waals surface area contributed by atoms with E-state index in [2.05, 4.69) is 0 Å². The van der Waals surface area contributed by atoms with Gasteiger partial charge in [0.25, 0.3) is 0 Å². The van der Waals surface area contributed by atoms with Crippen molar-refractivity contribution < 1.29 is 19.1 Å². The van der Waals surface area contributed by atoms with Crippen LogP contribution in [-0.2, 0) is 25.5 Å². The molecular formula is C14H16O4. The Bertz CT molecular complexity index is 427. The molecule has 18 heavy (non-hydrogen) atoms. The Labute approximate surface area is 106 Å². The maximum atomic E-state index is 11.7. The Morgan fingerprint density at radius 2 is 2.17 bits per heavy atom. The lowest BCUT2D eigenvalue weighted by Crippen LogP contribution is -2.29. The van der Waals surface area contributed by atoms with Gasteiger partial charge in [0.1, 0.15) is 12.2 Å². The highest BCUT2D eigenvalue weighted by Gasteiger charge is 2.30. The first-order chi connectivity index (χ1) is 8.65. The predicted octanol–water partition coefficient (Wildman–Crippen LogP) is 1.87. The Hall–Kier alpha value is -1.84. The van der Waals surface area contributed by atoms with Gasteiger partial charge in [0.05, 0.1) is 6.42 Å². The van der Waals surface area contributed by atoms with E-state index in [1.54, 1.807) is 6.92 Å². The van der Waals surface area contributed by atoms with Crippen molar-refractivity contribution in [2.24, 2.45) is 0 Å². The first-order valence-corrected chi connectivity index (χ1v) is 6.08. The first kappa shape index (κ1) is 12.6. The van der Waals surface area contributed by atoms with Gasteiger partial charge < -0.3 is 9.47 Å². The van der Waals surface area contributed by atoms with Gasteiger partial charge >= 0.3 is 11.9 Å². The molecule has 0 spiro atoms. The van der Waals surface area contributed by atoms with Crippen molar-refractivity contribution in [2.45, 2.75) is 38.4 Å². The molecule has 0 unspecified atom stereocenters. The van der Waals surface area contributed by atoms with Crippen LogP contribution in [0.25, 0.3) is 0 Å². The lowest BCUT2D eigenvalue weighted by atomic mass is 10.1. The van der Waals surface area contributed by atoms with Crippen LogP contribution in [0.2, 0.25) is 0 Å². The molecule has 0 radical (unpaired) electrons. The Morgan fingerprint density at radius 3 is 2.78 bits per heavy atom. The lowest BCUT2D eigenvalue weighted by molar-refractivity contribution is -0.159. The van der Waals surface area contributed by atoms with Crippen molar-refractivity contribution in [3.63, 3.8) is 0 Å². The van der Waals surface area contributed by atoms with Crippen LogP contribution in [0.3, 0.4) is 0 Å². The van der Waals surface area contributed by atoms with E-state index in [0.717, 1.165) is 5.56 Å². The molecule has 1 aromatic carbocycles. The standard InChI is InChI=1S/C14H16O4/c1-10(12-7-8-13(15)18-12)17-14(16)9-11-5-3-2-4-6-11/h2-6,10,12H,7-9H2,1H3/t10-,12-/m1/s1. The largest absolute Gasteiger partial charge is 0.458 e. The van der Waals surface area contributed by atoms with Crippen LogP contribution in [0.5, 0.6) is 0 Å². The summed E-state index contributed by atoms with van der Waals surface area (Å²) in [5.74, 6) is -0.511. The minimum absolute atomic E-state index is 0.217. The smallest absolute Gasteiger partial charge is 0.310 e. The summed E-state index contributed by atoms with van der Waals surface area (Å²) < 4.78 is 10.3. The molecule has 0 bridgehead atoms. The molecule has 1 fully saturated rings. The third-order valence-electron chi connectivity index (χ3n) is 2.95. The number of rotatable bonds is 4. The molecule has 4 heteroatoms. The second kappa shape index (κ2) is 5.67. The molecule has 2 atom stereocenters. The number of cyclic esters (lactones) is 1. The lowest BCUT2D eigenvalue weighted by Gasteiger charge is -2.18. The summed E-state index contributed by atoms with van der Waals surface area (Å²) in [5.41, 5.74) is 0.915. The van der Waals surface area contributed by atoms with Crippen molar-refractivity contribution in [2.75, 3.05) is 0 Å². The highest BCUT2D eigenvalue weighted by molar-refractivity contribution is 5.73. The highest BCUT2D eigenvalue weighted by Crippen LogP contribution is 2.19. The zero-order valence-corrected chi connectivity index (χ0v) is 10.3.